The first-order valence-electron chi connectivity index (χ1n) is 5.90. The standard InChI is InChI=1S/C14H11N3O3/c1-20-12-7-9(14(18)19)4-5-11(12)17-8-16-10-3-2-6-15-13(10)17/h2-8H,1H3,(H,18,19). The van der Waals surface area contributed by atoms with Gasteiger partial charge >= 0.3 is 5.97 Å². The normalized spacial score (nSPS) is 10.7. The van der Waals surface area contributed by atoms with E-state index in [9.17, 15) is 4.79 Å². The number of carboxylic acids is 1. The van der Waals surface area contributed by atoms with Crippen molar-refractivity contribution in [1.82, 2.24) is 14.5 Å². The summed E-state index contributed by atoms with van der Waals surface area (Å²) in [5.74, 6) is -0.543. The Kier molecular flexibility index (Phi) is 2.83. The molecule has 100 valence electrons. The van der Waals surface area contributed by atoms with Crippen molar-refractivity contribution in [3.63, 3.8) is 0 Å². The first-order chi connectivity index (χ1) is 9.70. The number of methoxy groups -OCH3 is 1. The number of benzene rings is 1. The lowest BCUT2D eigenvalue weighted by molar-refractivity contribution is 0.0696. The van der Waals surface area contributed by atoms with Crippen LogP contribution in [0.5, 0.6) is 5.75 Å². The molecule has 0 saturated heterocycles. The fourth-order valence-corrected chi connectivity index (χ4v) is 2.04. The number of imidazole rings is 1. The van der Waals surface area contributed by atoms with Crippen LogP contribution in [0.1, 0.15) is 10.4 Å². The number of fused-ring (bicyclic) bond motifs is 1. The van der Waals surface area contributed by atoms with Crippen molar-refractivity contribution in [3.05, 3.63) is 48.4 Å². The number of carbonyl (C=O) groups is 1. The molecule has 0 bridgehead atoms. The van der Waals surface area contributed by atoms with Gasteiger partial charge in [0.15, 0.2) is 5.65 Å². The van der Waals surface area contributed by atoms with Crippen molar-refractivity contribution in [1.29, 1.82) is 0 Å². The second kappa shape index (κ2) is 4.65. The molecule has 3 rings (SSSR count). The van der Waals surface area contributed by atoms with E-state index >= 15 is 0 Å². The third-order valence-electron chi connectivity index (χ3n) is 2.99. The van der Waals surface area contributed by atoms with Crippen molar-refractivity contribution < 1.29 is 14.6 Å². The van der Waals surface area contributed by atoms with Gasteiger partial charge in [0.2, 0.25) is 0 Å². The molecule has 0 aliphatic heterocycles. The number of aromatic nitrogens is 3. The van der Waals surface area contributed by atoms with Crippen LogP contribution in [0, 0.1) is 0 Å². The molecule has 0 unspecified atom stereocenters. The SMILES string of the molecule is COc1cc(C(=O)O)ccc1-n1cnc2cccnc21. The molecular formula is C14H11N3O3. The van der Waals surface area contributed by atoms with E-state index in [1.807, 2.05) is 12.1 Å². The minimum Gasteiger partial charge on any atom is -0.495 e. The van der Waals surface area contributed by atoms with Gasteiger partial charge in [-0.3, -0.25) is 4.57 Å². The monoisotopic (exact) mass is 269 g/mol. The van der Waals surface area contributed by atoms with Crippen LogP contribution in [-0.2, 0) is 0 Å². The fraction of sp³-hybridized carbons (Fsp3) is 0.0714. The molecule has 0 fully saturated rings. The summed E-state index contributed by atoms with van der Waals surface area (Å²) < 4.78 is 7.03. The zero-order valence-corrected chi connectivity index (χ0v) is 10.6. The lowest BCUT2D eigenvalue weighted by atomic mass is 10.2. The average molecular weight is 269 g/mol. The molecule has 0 spiro atoms. The van der Waals surface area contributed by atoms with Crippen LogP contribution in [0.3, 0.4) is 0 Å². The van der Waals surface area contributed by atoms with E-state index in [-0.39, 0.29) is 5.56 Å². The Hall–Kier alpha value is -2.89. The summed E-state index contributed by atoms with van der Waals surface area (Å²) in [7, 11) is 1.50. The quantitative estimate of drug-likeness (QED) is 0.788. The van der Waals surface area contributed by atoms with E-state index in [2.05, 4.69) is 9.97 Å². The number of rotatable bonds is 3. The molecule has 1 N–H and O–H groups in total. The zero-order chi connectivity index (χ0) is 14.1. The van der Waals surface area contributed by atoms with Crippen molar-refractivity contribution in [2.24, 2.45) is 0 Å². The maximum Gasteiger partial charge on any atom is 0.335 e. The molecule has 6 nitrogen and oxygen atoms in total. The molecule has 0 aliphatic rings. The summed E-state index contributed by atoms with van der Waals surface area (Å²) in [4.78, 5) is 19.5. The molecule has 20 heavy (non-hydrogen) atoms. The van der Waals surface area contributed by atoms with E-state index in [4.69, 9.17) is 9.84 Å². The number of ether oxygens (including phenoxy) is 1. The summed E-state index contributed by atoms with van der Waals surface area (Å²) in [6, 6.07) is 8.35. The Morgan fingerprint density at radius 2 is 2.15 bits per heavy atom. The molecule has 0 radical (unpaired) electrons. The van der Waals surface area contributed by atoms with Crippen LogP contribution in [0.2, 0.25) is 0 Å². The van der Waals surface area contributed by atoms with E-state index in [0.717, 1.165) is 5.52 Å². The predicted octanol–water partition coefficient (Wildman–Crippen LogP) is 2.13. The number of hydrogen-bond acceptors (Lipinski definition) is 4. The van der Waals surface area contributed by atoms with Crippen LogP contribution in [0.15, 0.2) is 42.9 Å². The fourth-order valence-electron chi connectivity index (χ4n) is 2.04. The van der Waals surface area contributed by atoms with Crippen LogP contribution in [0.25, 0.3) is 16.9 Å². The number of pyridine rings is 1. The van der Waals surface area contributed by atoms with Gasteiger partial charge in [0.25, 0.3) is 0 Å². The predicted molar refractivity (Wildman–Crippen MR) is 72.4 cm³/mol. The molecule has 6 heteroatoms. The van der Waals surface area contributed by atoms with E-state index in [1.165, 1.54) is 19.2 Å². The second-order valence-electron chi connectivity index (χ2n) is 4.15. The highest BCUT2D eigenvalue weighted by molar-refractivity contribution is 5.89. The summed E-state index contributed by atoms with van der Waals surface area (Å²) in [6.07, 6.45) is 3.31. The average Bonchev–Trinajstić information content (AvgIpc) is 2.90. The summed E-state index contributed by atoms with van der Waals surface area (Å²) in [5, 5.41) is 9.01. The smallest absolute Gasteiger partial charge is 0.335 e. The van der Waals surface area contributed by atoms with E-state index < -0.39 is 5.97 Å². The number of carboxylic acid groups (broad SMARTS) is 1. The Morgan fingerprint density at radius 1 is 1.30 bits per heavy atom. The first-order valence-corrected chi connectivity index (χ1v) is 5.90. The largest absolute Gasteiger partial charge is 0.495 e. The summed E-state index contributed by atoms with van der Waals surface area (Å²) in [5.41, 5.74) is 2.31. The molecule has 3 aromatic rings. The van der Waals surface area contributed by atoms with Crippen molar-refractivity contribution in [3.8, 4) is 11.4 Å². The number of hydrogen-bond donors (Lipinski definition) is 1. The van der Waals surface area contributed by atoms with Gasteiger partial charge < -0.3 is 9.84 Å². The lowest BCUT2D eigenvalue weighted by Gasteiger charge is -2.10. The lowest BCUT2D eigenvalue weighted by Crippen LogP contribution is -2.02. The second-order valence-corrected chi connectivity index (χ2v) is 4.15. The van der Waals surface area contributed by atoms with Crippen molar-refractivity contribution in [2.45, 2.75) is 0 Å². The Balaban J connectivity index is 2.21. The third kappa shape index (κ3) is 1.87. The van der Waals surface area contributed by atoms with Gasteiger partial charge in [-0.2, -0.15) is 0 Å². The van der Waals surface area contributed by atoms with Gasteiger partial charge in [-0.05, 0) is 30.3 Å². The third-order valence-corrected chi connectivity index (χ3v) is 2.99. The molecule has 0 amide bonds. The van der Waals surface area contributed by atoms with Gasteiger partial charge in [0.05, 0.1) is 18.4 Å². The van der Waals surface area contributed by atoms with Crippen LogP contribution >= 0.6 is 0 Å². The minimum absolute atomic E-state index is 0.169. The Labute approximate surface area is 114 Å². The highest BCUT2D eigenvalue weighted by Gasteiger charge is 2.13. The molecule has 0 saturated carbocycles. The highest BCUT2D eigenvalue weighted by atomic mass is 16.5. The maximum atomic E-state index is 11.0. The maximum absolute atomic E-state index is 11.0. The van der Waals surface area contributed by atoms with Gasteiger partial charge in [-0.25, -0.2) is 14.8 Å². The molecule has 0 atom stereocenters. The molecule has 1 aromatic carbocycles. The van der Waals surface area contributed by atoms with Gasteiger partial charge in [-0.15, -0.1) is 0 Å². The molecule has 2 heterocycles. The number of nitrogens with zero attached hydrogens (tertiary/aromatic N) is 3. The molecule has 0 aliphatic carbocycles. The molecular weight excluding hydrogens is 258 g/mol. The number of aromatic carboxylic acids is 1. The van der Waals surface area contributed by atoms with Crippen molar-refractivity contribution in [2.75, 3.05) is 7.11 Å². The summed E-state index contributed by atoms with van der Waals surface area (Å²) >= 11 is 0. The van der Waals surface area contributed by atoms with E-state index in [1.54, 1.807) is 23.2 Å². The van der Waals surface area contributed by atoms with E-state index in [0.29, 0.717) is 17.1 Å². The highest BCUT2D eigenvalue weighted by Crippen LogP contribution is 2.26. The summed E-state index contributed by atoms with van der Waals surface area (Å²) in [6.45, 7) is 0. The van der Waals surface area contributed by atoms with Gasteiger partial charge in [-0.1, -0.05) is 0 Å². The molecule has 2 aromatic heterocycles. The zero-order valence-electron chi connectivity index (χ0n) is 10.6. The van der Waals surface area contributed by atoms with Crippen LogP contribution in [-0.4, -0.2) is 32.7 Å². The topological polar surface area (TPSA) is 77.2 Å². The Bertz CT molecular complexity index is 795. The van der Waals surface area contributed by atoms with Gasteiger partial charge in [0, 0.05) is 6.20 Å². The van der Waals surface area contributed by atoms with Crippen molar-refractivity contribution >= 4 is 17.1 Å². The first kappa shape index (κ1) is 12.2. The van der Waals surface area contributed by atoms with Crippen LogP contribution < -0.4 is 4.74 Å². The van der Waals surface area contributed by atoms with Crippen LogP contribution in [0.4, 0.5) is 0 Å². The minimum atomic E-state index is -0.997. The Morgan fingerprint density at radius 3 is 2.90 bits per heavy atom. The van der Waals surface area contributed by atoms with Gasteiger partial charge in [0.1, 0.15) is 17.6 Å².